The van der Waals surface area contributed by atoms with Crippen molar-refractivity contribution >= 4 is 11.8 Å². The van der Waals surface area contributed by atoms with E-state index in [0.717, 1.165) is 15.8 Å². The van der Waals surface area contributed by atoms with E-state index in [2.05, 4.69) is 24.3 Å². The summed E-state index contributed by atoms with van der Waals surface area (Å²) in [5.41, 5.74) is 2.93. The third kappa shape index (κ3) is 5.50. The minimum atomic E-state index is -1.34. The van der Waals surface area contributed by atoms with Crippen LogP contribution in [0.15, 0.2) is 63.8 Å². The van der Waals surface area contributed by atoms with Crippen LogP contribution >= 0.6 is 0 Å². The molecule has 1 aliphatic heterocycles. The number of nitrogens with zero attached hydrogens (tertiary/aromatic N) is 3. The van der Waals surface area contributed by atoms with E-state index in [4.69, 9.17) is 4.42 Å². The number of halogens is 1. The predicted octanol–water partition coefficient (Wildman–Crippen LogP) is 3.11. The fourth-order valence-corrected chi connectivity index (χ4v) is 4.35. The first-order valence-electron chi connectivity index (χ1n) is 11.7. The molecule has 0 saturated carbocycles. The van der Waals surface area contributed by atoms with E-state index in [1.165, 1.54) is 17.4 Å². The van der Waals surface area contributed by atoms with E-state index < -0.39 is 42.4 Å². The quantitative estimate of drug-likeness (QED) is 0.561. The largest absolute Gasteiger partial charge is 0.437 e. The summed E-state index contributed by atoms with van der Waals surface area (Å²) in [7, 11) is 0. The zero-order valence-electron chi connectivity index (χ0n) is 20.0. The molecule has 3 aromatic rings. The van der Waals surface area contributed by atoms with Crippen molar-refractivity contribution in [3.63, 3.8) is 0 Å². The number of hydrogen-bond acceptors (Lipinski definition) is 5. The van der Waals surface area contributed by atoms with Crippen molar-refractivity contribution in [3.05, 3.63) is 87.7 Å². The third-order valence-corrected chi connectivity index (χ3v) is 6.22. The summed E-state index contributed by atoms with van der Waals surface area (Å²) in [4.78, 5) is 39.3. The maximum Gasteiger partial charge on any atom is 0.437 e. The van der Waals surface area contributed by atoms with Crippen LogP contribution in [0.4, 0.5) is 4.39 Å². The van der Waals surface area contributed by atoms with Gasteiger partial charge in [-0.15, -0.1) is 5.10 Å². The van der Waals surface area contributed by atoms with Crippen LogP contribution in [0.1, 0.15) is 54.8 Å². The highest BCUT2D eigenvalue weighted by Crippen LogP contribution is 2.27. The van der Waals surface area contributed by atoms with Gasteiger partial charge in [0.25, 0.3) is 0 Å². The van der Waals surface area contributed by atoms with Gasteiger partial charge in [-0.1, -0.05) is 68.4 Å². The summed E-state index contributed by atoms with van der Waals surface area (Å²) in [6.45, 7) is 5.06. The minimum Gasteiger partial charge on any atom is -0.393 e. The molecule has 3 unspecified atom stereocenters. The second-order valence-corrected chi connectivity index (χ2v) is 9.11. The van der Waals surface area contributed by atoms with Crippen LogP contribution in [0.3, 0.4) is 0 Å². The van der Waals surface area contributed by atoms with Crippen molar-refractivity contribution in [2.75, 3.05) is 6.54 Å². The van der Waals surface area contributed by atoms with Crippen LogP contribution < -0.4 is 11.1 Å². The Kier molecular flexibility index (Phi) is 7.14. The summed E-state index contributed by atoms with van der Waals surface area (Å²) in [6, 6.07) is 16.0. The number of aryl methyl sites for hydroxylation is 1. The second-order valence-electron chi connectivity index (χ2n) is 9.11. The number of alkyl halides is 1. The molecule has 0 spiro atoms. The summed E-state index contributed by atoms with van der Waals surface area (Å²) in [5.74, 6) is -1.31. The SMILES string of the molecule is Cc1nn(CC(=O)N2CC(F)CC2C(=O)NC(c2ccccc2)c2ccc(C(C)C)cc2)c(=O)o1. The van der Waals surface area contributed by atoms with E-state index in [1.807, 2.05) is 54.6 Å². The number of aromatic nitrogens is 2. The van der Waals surface area contributed by atoms with Crippen molar-refractivity contribution in [2.24, 2.45) is 0 Å². The van der Waals surface area contributed by atoms with Gasteiger partial charge in [0.2, 0.25) is 17.7 Å². The number of hydrogen-bond donors (Lipinski definition) is 1. The standard InChI is InChI=1S/C26H29FN4O4/c1-16(2)18-9-11-20(12-10-18)24(19-7-5-4-6-8-19)28-25(33)22-13-21(27)14-30(22)23(32)15-31-26(34)35-17(3)29-31/h4-12,16,21-22,24H,13-15H2,1-3H3,(H,28,33). The minimum absolute atomic E-state index is 0.113. The molecule has 2 amide bonds. The molecule has 35 heavy (non-hydrogen) atoms. The Labute approximate surface area is 202 Å². The van der Waals surface area contributed by atoms with E-state index in [-0.39, 0.29) is 18.9 Å². The summed E-state index contributed by atoms with van der Waals surface area (Å²) >= 11 is 0. The summed E-state index contributed by atoms with van der Waals surface area (Å²) < 4.78 is 20.1. The smallest absolute Gasteiger partial charge is 0.393 e. The van der Waals surface area contributed by atoms with Crippen LogP contribution in [0.5, 0.6) is 0 Å². The normalized spacial score (nSPS) is 18.6. The average molecular weight is 481 g/mol. The fraction of sp³-hybridized carbons (Fsp3) is 0.385. The third-order valence-electron chi connectivity index (χ3n) is 6.22. The van der Waals surface area contributed by atoms with Gasteiger partial charge in [-0.2, -0.15) is 4.68 Å². The molecule has 0 bridgehead atoms. The Hall–Kier alpha value is -3.75. The van der Waals surface area contributed by atoms with E-state index >= 15 is 0 Å². The van der Waals surface area contributed by atoms with Crippen LogP contribution in [0.25, 0.3) is 0 Å². The zero-order chi connectivity index (χ0) is 25.1. The molecule has 1 N–H and O–H groups in total. The van der Waals surface area contributed by atoms with Gasteiger partial charge in [0.1, 0.15) is 18.8 Å². The number of nitrogens with one attached hydrogen (secondary N) is 1. The molecule has 1 saturated heterocycles. The van der Waals surface area contributed by atoms with Crippen molar-refractivity contribution in [2.45, 2.75) is 57.9 Å². The van der Waals surface area contributed by atoms with E-state index in [9.17, 15) is 18.8 Å². The van der Waals surface area contributed by atoms with Crippen LogP contribution in [0.2, 0.25) is 0 Å². The maximum atomic E-state index is 14.4. The highest BCUT2D eigenvalue weighted by Gasteiger charge is 2.40. The van der Waals surface area contributed by atoms with Gasteiger partial charge in [-0.25, -0.2) is 9.18 Å². The average Bonchev–Trinajstić information content (AvgIpc) is 3.39. The Morgan fingerprint density at radius 1 is 1.09 bits per heavy atom. The Balaban J connectivity index is 1.56. The molecule has 1 fully saturated rings. The number of likely N-dealkylation sites (tertiary alicyclic amines) is 1. The van der Waals surface area contributed by atoms with Gasteiger partial charge in [0.05, 0.1) is 12.6 Å². The lowest BCUT2D eigenvalue weighted by atomic mass is 9.95. The molecule has 0 aliphatic carbocycles. The molecule has 4 rings (SSSR count). The molecule has 0 radical (unpaired) electrons. The monoisotopic (exact) mass is 480 g/mol. The zero-order valence-corrected chi connectivity index (χ0v) is 20.0. The molecular formula is C26H29FN4O4. The maximum absolute atomic E-state index is 14.4. The summed E-state index contributed by atoms with van der Waals surface area (Å²) in [5, 5.41) is 6.88. The molecule has 8 nitrogen and oxygen atoms in total. The van der Waals surface area contributed by atoms with Gasteiger partial charge in [-0.05, 0) is 22.6 Å². The Morgan fingerprint density at radius 2 is 1.71 bits per heavy atom. The fourth-order valence-electron chi connectivity index (χ4n) is 4.35. The predicted molar refractivity (Wildman–Crippen MR) is 127 cm³/mol. The number of amides is 2. The van der Waals surface area contributed by atoms with Gasteiger partial charge < -0.3 is 14.6 Å². The van der Waals surface area contributed by atoms with E-state index in [1.54, 1.807) is 0 Å². The topological polar surface area (TPSA) is 97.4 Å². The lowest BCUT2D eigenvalue weighted by molar-refractivity contribution is -0.139. The van der Waals surface area contributed by atoms with Gasteiger partial charge in [-0.3, -0.25) is 9.59 Å². The number of carbonyl (C=O) groups excluding carboxylic acids is 2. The molecule has 9 heteroatoms. The van der Waals surface area contributed by atoms with Crippen LogP contribution in [0, 0.1) is 6.92 Å². The Morgan fingerprint density at radius 3 is 2.31 bits per heavy atom. The number of benzene rings is 2. The molecule has 1 aliphatic rings. The summed E-state index contributed by atoms with van der Waals surface area (Å²) in [6.07, 6.45) is -1.45. The number of rotatable bonds is 7. The molecule has 2 heterocycles. The first-order valence-corrected chi connectivity index (χ1v) is 11.7. The van der Waals surface area contributed by atoms with Gasteiger partial charge >= 0.3 is 5.76 Å². The molecule has 184 valence electrons. The molecule has 2 aromatic carbocycles. The lowest BCUT2D eigenvalue weighted by Crippen LogP contribution is -2.48. The van der Waals surface area contributed by atoms with Gasteiger partial charge in [0.15, 0.2) is 0 Å². The molecule has 3 atom stereocenters. The van der Waals surface area contributed by atoms with Crippen molar-refractivity contribution in [3.8, 4) is 0 Å². The molecule has 1 aromatic heterocycles. The molecular weight excluding hydrogens is 451 g/mol. The lowest BCUT2D eigenvalue weighted by Gasteiger charge is -2.27. The second kappa shape index (κ2) is 10.2. The van der Waals surface area contributed by atoms with Crippen LogP contribution in [-0.2, 0) is 16.1 Å². The first-order chi connectivity index (χ1) is 16.7. The van der Waals surface area contributed by atoms with Crippen molar-refractivity contribution in [1.82, 2.24) is 20.0 Å². The Bertz CT molecular complexity index is 1240. The van der Waals surface area contributed by atoms with Crippen molar-refractivity contribution in [1.29, 1.82) is 0 Å². The van der Waals surface area contributed by atoms with Crippen molar-refractivity contribution < 1.29 is 18.4 Å². The van der Waals surface area contributed by atoms with Crippen LogP contribution in [-0.4, -0.2) is 45.3 Å². The number of carbonyl (C=O) groups is 2. The first kappa shape index (κ1) is 24.4. The highest BCUT2D eigenvalue weighted by atomic mass is 19.1. The van der Waals surface area contributed by atoms with Gasteiger partial charge in [0, 0.05) is 13.3 Å². The van der Waals surface area contributed by atoms with E-state index in [0.29, 0.717) is 5.92 Å². The highest BCUT2D eigenvalue weighted by molar-refractivity contribution is 5.88.